The van der Waals surface area contributed by atoms with Gasteiger partial charge in [-0.3, -0.25) is 4.98 Å². The van der Waals surface area contributed by atoms with E-state index in [-0.39, 0.29) is 5.92 Å². The Morgan fingerprint density at radius 3 is 2.66 bits per heavy atom. The molecule has 0 radical (unpaired) electrons. The largest absolute Gasteiger partial charge is 0.304 e. The molecule has 5 rings (SSSR count). The van der Waals surface area contributed by atoms with Crippen molar-refractivity contribution in [2.24, 2.45) is 0 Å². The highest BCUT2D eigenvalue weighted by molar-refractivity contribution is 5.65. The van der Waals surface area contributed by atoms with Crippen LogP contribution in [0.15, 0.2) is 42.9 Å². The molecule has 1 atom stereocenters. The van der Waals surface area contributed by atoms with Crippen molar-refractivity contribution in [3.8, 4) is 5.69 Å². The van der Waals surface area contributed by atoms with Gasteiger partial charge in [0, 0.05) is 18.7 Å². The van der Waals surface area contributed by atoms with E-state index in [2.05, 4.69) is 20.1 Å². The molecular formula is C24H22F2N6. The highest BCUT2D eigenvalue weighted by atomic mass is 19.2. The Morgan fingerprint density at radius 1 is 1.03 bits per heavy atom. The van der Waals surface area contributed by atoms with Gasteiger partial charge in [0.15, 0.2) is 17.5 Å². The van der Waals surface area contributed by atoms with Gasteiger partial charge in [-0.1, -0.05) is 6.07 Å². The first-order valence-corrected chi connectivity index (χ1v) is 10.5. The third-order valence-electron chi connectivity index (χ3n) is 5.71. The number of hydrogen-bond donors (Lipinski definition) is 0. The van der Waals surface area contributed by atoms with Gasteiger partial charge in [0.25, 0.3) is 0 Å². The number of pyridine rings is 1. The average molecular weight is 432 g/mol. The minimum Gasteiger partial charge on any atom is -0.304 e. The summed E-state index contributed by atoms with van der Waals surface area (Å²) in [7, 11) is 0. The third-order valence-corrected chi connectivity index (χ3v) is 5.71. The number of benzene rings is 1. The first-order chi connectivity index (χ1) is 15.5. The van der Waals surface area contributed by atoms with Gasteiger partial charge < -0.3 is 4.57 Å². The number of aryl methyl sites for hydroxylation is 3. The lowest BCUT2D eigenvalue weighted by Crippen LogP contribution is -2.18. The summed E-state index contributed by atoms with van der Waals surface area (Å²) in [6, 6.07) is 8.00. The summed E-state index contributed by atoms with van der Waals surface area (Å²) in [6.45, 7) is 4.67. The van der Waals surface area contributed by atoms with Crippen LogP contribution in [-0.4, -0.2) is 29.3 Å². The molecular weight excluding hydrogens is 410 g/mol. The Balaban J connectivity index is 1.39. The van der Waals surface area contributed by atoms with Crippen molar-refractivity contribution in [3.05, 3.63) is 88.8 Å². The summed E-state index contributed by atoms with van der Waals surface area (Å²) in [5, 5.41) is 4.58. The summed E-state index contributed by atoms with van der Waals surface area (Å²) < 4.78 is 30.9. The van der Waals surface area contributed by atoms with Gasteiger partial charge >= 0.3 is 0 Å². The van der Waals surface area contributed by atoms with Crippen LogP contribution in [-0.2, 0) is 6.54 Å². The van der Waals surface area contributed by atoms with E-state index in [0.717, 1.165) is 53.5 Å². The van der Waals surface area contributed by atoms with Crippen molar-refractivity contribution in [3.63, 3.8) is 0 Å². The summed E-state index contributed by atoms with van der Waals surface area (Å²) in [6.07, 6.45) is 9.17. The monoisotopic (exact) mass is 432 g/mol. The first-order valence-electron chi connectivity index (χ1n) is 10.5. The normalized spacial score (nSPS) is 15.9. The Morgan fingerprint density at radius 2 is 1.91 bits per heavy atom. The molecule has 0 saturated heterocycles. The van der Waals surface area contributed by atoms with Crippen LogP contribution in [0.5, 0.6) is 0 Å². The summed E-state index contributed by atoms with van der Waals surface area (Å²) >= 11 is 0. The maximum absolute atomic E-state index is 13.8. The number of halogens is 2. The molecule has 0 fully saturated rings. The van der Waals surface area contributed by atoms with Crippen molar-refractivity contribution in [2.75, 3.05) is 0 Å². The molecule has 4 heterocycles. The second kappa shape index (κ2) is 8.11. The highest BCUT2D eigenvalue weighted by Gasteiger charge is 2.26. The van der Waals surface area contributed by atoms with E-state index in [1.165, 1.54) is 12.1 Å². The number of aromatic nitrogens is 6. The SMILES string of the molecule is Cc1cn(-c2ccc(/C=C/c3nc4n(n3)CCC[C@@H]4c3ccc(F)c(F)c3)nc2C)cn1. The van der Waals surface area contributed by atoms with E-state index in [1.54, 1.807) is 12.4 Å². The molecule has 1 aromatic carbocycles. The molecule has 8 heteroatoms. The molecule has 162 valence electrons. The number of rotatable bonds is 4. The van der Waals surface area contributed by atoms with Gasteiger partial charge in [0.1, 0.15) is 5.82 Å². The first kappa shape index (κ1) is 20.2. The van der Waals surface area contributed by atoms with Crippen molar-refractivity contribution in [2.45, 2.75) is 39.2 Å². The molecule has 0 bridgehead atoms. The van der Waals surface area contributed by atoms with Crippen LogP contribution in [0.1, 0.15) is 53.1 Å². The fourth-order valence-electron chi connectivity index (χ4n) is 4.14. The molecule has 0 saturated carbocycles. The fourth-order valence-corrected chi connectivity index (χ4v) is 4.14. The van der Waals surface area contributed by atoms with Crippen LogP contribution >= 0.6 is 0 Å². The quantitative estimate of drug-likeness (QED) is 0.463. The number of nitrogens with zero attached hydrogens (tertiary/aromatic N) is 6. The van der Waals surface area contributed by atoms with E-state index in [1.807, 2.05) is 53.6 Å². The summed E-state index contributed by atoms with van der Waals surface area (Å²) in [5.74, 6) is -0.437. The summed E-state index contributed by atoms with van der Waals surface area (Å²) in [5.41, 5.74) is 4.33. The van der Waals surface area contributed by atoms with E-state index in [9.17, 15) is 8.78 Å². The molecule has 3 aromatic heterocycles. The van der Waals surface area contributed by atoms with Gasteiger partial charge in [-0.2, -0.15) is 5.10 Å². The Hall–Kier alpha value is -3.68. The predicted octanol–water partition coefficient (Wildman–Crippen LogP) is 4.85. The maximum Gasteiger partial charge on any atom is 0.174 e. The molecule has 1 aliphatic heterocycles. The molecule has 0 amide bonds. The minimum atomic E-state index is -0.841. The molecule has 4 aromatic rings. The lowest BCUT2D eigenvalue weighted by molar-refractivity contribution is 0.442. The molecule has 6 nitrogen and oxygen atoms in total. The fraction of sp³-hybridized carbons (Fsp3) is 0.250. The predicted molar refractivity (Wildman–Crippen MR) is 117 cm³/mol. The summed E-state index contributed by atoms with van der Waals surface area (Å²) in [4.78, 5) is 13.6. The second-order valence-corrected chi connectivity index (χ2v) is 8.02. The van der Waals surface area contributed by atoms with Gasteiger partial charge in [0.05, 0.1) is 29.1 Å². The highest BCUT2D eigenvalue weighted by Crippen LogP contribution is 2.33. The van der Waals surface area contributed by atoms with Crippen LogP contribution in [0.25, 0.3) is 17.8 Å². The van der Waals surface area contributed by atoms with Gasteiger partial charge in [-0.05, 0) is 68.7 Å². The van der Waals surface area contributed by atoms with E-state index >= 15 is 0 Å². The zero-order valence-electron chi connectivity index (χ0n) is 17.8. The standard InChI is InChI=1S/C24H22F2N6/c1-15-13-31(14-27-15)22-9-6-18(28-16(22)2)7-10-23-29-24-19(4-3-11-32(24)30-23)17-5-8-20(25)21(26)12-17/h5-10,12-14,19H,3-4,11H2,1-2H3/b10-7+/t19-/m1/s1. The molecule has 1 aliphatic rings. The average Bonchev–Trinajstić information content (AvgIpc) is 3.40. The number of imidazole rings is 1. The molecule has 0 spiro atoms. The lowest BCUT2D eigenvalue weighted by atomic mass is 9.91. The van der Waals surface area contributed by atoms with Gasteiger partial charge in [0.2, 0.25) is 0 Å². The maximum atomic E-state index is 13.8. The third kappa shape index (κ3) is 3.84. The zero-order valence-corrected chi connectivity index (χ0v) is 17.8. The Bertz CT molecular complexity index is 1320. The van der Waals surface area contributed by atoms with Gasteiger partial charge in [-0.15, -0.1) is 0 Å². The Labute approximate surface area is 184 Å². The van der Waals surface area contributed by atoms with Crippen LogP contribution in [0.2, 0.25) is 0 Å². The molecule has 0 unspecified atom stereocenters. The Kier molecular flexibility index (Phi) is 5.13. The van der Waals surface area contributed by atoms with Crippen LogP contribution in [0.3, 0.4) is 0 Å². The van der Waals surface area contributed by atoms with E-state index < -0.39 is 11.6 Å². The molecule has 32 heavy (non-hydrogen) atoms. The van der Waals surface area contributed by atoms with Crippen molar-refractivity contribution in [1.82, 2.24) is 29.3 Å². The van der Waals surface area contributed by atoms with E-state index in [0.29, 0.717) is 5.82 Å². The molecule has 0 aliphatic carbocycles. The topological polar surface area (TPSA) is 61.4 Å². The smallest absolute Gasteiger partial charge is 0.174 e. The van der Waals surface area contributed by atoms with Gasteiger partial charge in [-0.25, -0.2) is 23.4 Å². The number of fused-ring (bicyclic) bond motifs is 1. The van der Waals surface area contributed by atoms with Crippen LogP contribution in [0.4, 0.5) is 8.78 Å². The lowest BCUT2D eigenvalue weighted by Gasteiger charge is -2.22. The van der Waals surface area contributed by atoms with Crippen LogP contribution < -0.4 is 0 Å². The number of hydrogen-bond acceptors (Lipinski definition) is 4. The van der Waals surface area contributed by atoms with Crippen molar-refractivity contribution < 1.29 is 8.78 Å². The minimum absolute atomic E-state index is 0.105. The zero-order chi connectivity index (χ0) is 22.2. The second-order valence-electron chi connectivity index (χ2n) is 8.02. The van der Waals surface area contributed by atoms with Crippen molar-refractivity contribution >= 4 is 12.2 Å². The molecule has 0 N–H and O–H groups in total. The van der Waals surface area contributed by atoms with E-state index in [4.69, 9.17) is 0 Å². The van der Waals surface area contributed by atoms with Crippen LogP contribution in [0, 0.1) is 25.5 Å². The van der Waals surface area contributed by atoms with Crippen molar-refractivity contribution in [1.29, 1.82) is 0 Å².